The van der Waals surface area contributed by atoms with E-state index < -0.39 is 5.82 Å². The Kier molecular flexibility index (Phi) is 4.44. The summed E-state index contributed by atoms with van der Waals surface area (Å²) < 4.78 is 25.3. The van der Waals surface area contributed by atoms with E-state index in [-0.39, 0.29) is 23.9 Å². The highest BCUT2D eigenvalue weighted by atomic mass is 19.1. The number of urea groups is 1. The van der Waals surface area contributed by atoms with Crippen molar-refractivity contribution >= 4 is 11.7 Å². The van der Waals surface area contributed by atoms with Crippen LogP contribution in [0.5, 0.6) is 0 Å². The second-order valence-electron chi connectivity index (χ2n) is 6.74. The Morgan fingerprint density at radius 3 is 2.80 bits per heavy atom. The number of hydrogen-bond donors (Lipinski definition) is 2. The van der Waals surface area contributed by atoms with Crippen LogP contribution in [-0.2, 0) is 4.74 Å². The van der Waals surface area contributed by atoms with Crippen LogP contribution in [0.25, 0.3) is 11.3 Å². The summed E-state index contributed by atoms with van der Waals surface area (Å²) in [6, 6.07) is 7.81. The predicted octanol–water partition coefficient (Wildman–Crippen LogP) is 4.16. The zero-order valence-electron chi connectivity index (χ0n) is 13.8. The van der Waals surface area contributed by atoms with Crippen LogP contribution < -0.4 is 10.6 Å². The Bertz CT molecular complexity index is 743. The minimum absolute atomic E-state index is 0.0739. The van der Waals surface area contributed by atoms with E-state index in [1.807, 2.05) is 0 Å². The van der Waals surface area contributed by atoms with Gasteiger partial charge in [-0.2, -0.15) is 0 Å². The van der Waals surface area contributed by atoms with E-state index in [1.165, 1.54) is 25.2 Å². The van der Waals surface area contributed by atoms with E-state index in [9.17, 15) is 9.18 Å². The number of ether oxygens (including phenoxy) is 1. The predicted molar refractivity (Wildman–Crippen MR) is 91.7 cm³/mol. The summed E-state index contributed by atoms with van der Waals surface area (Å²) in [5.74, 6) is 0.745. The molecule has 0 bridgehead atoms. The molecule has 5 nitrogen and oxygen atoms in total. The van der Waals surface area contributed by atoms with Crippen molar-refractivity contribution in [3.05, 3.63) is 42.4 Å². The molecule has 1 saturated carbocycles. The lowest BCUT2D eigenvalue weighted by Gasteiger charge is -2.30. The second kappa shape index (κ2) is 6.88. The van der Waals surface area contributed by atoms with Crippen LogP contribution in [0.2, 0.25) is 0 Å². The van der Waals surface area contributed by atoms with E-state index in [0.717, 1.165) is 12.8 Å². The lowest BCUT2D eigenvalue weighted by Crippen LogP contribution is -2.44. The van der Waals surface area contributed by atoms with Gasteiger partial charge in [0.05, 0.1) is 18.1 Å². The van der Waals surface area contributed by atoms with Crippen molar-refractivity contribution in [2.75, 3.05) is 11.9 Å². The summed E-state index contributed by atoms with van der Waals surface area (Å²) in [4.78, 5) is 12.2. The standard InChI is InChI=1S/C19H21FN2O3/c20-15-10-13(17-2-1-8-24-17)5-6-16(15)22-19(23)21-14-7-9-25-18(11-14)12-3-4-12/h1-2,5-6,8,10,12,14,18H,3-4,7,9,11H2,(H2,21,22,23)/t14-,18+/m0/s1. The Morgan fingerprint density at radius 2 is 2.08 bits per heavy atom. The number of carbonyl (C=O) groups excluding carboxylic acids is 1. The highest BCUT2D eigenvalue weighted by Crippen LogP contribution is 2.38. The normalized spacial score (nSPS) is 23.2. The molecule has 1 saturated heterocycles. The molecule has 2 heterocycles. The fourth-order valence-corrected chi connectivity index (χ4v) is 3.31. The van der Waals surface area contributed by atoms with E-state index in [2.05, 4.69) is 10.6 Å². The summed E-state index contributed by atoms with van der Waals surface area (Å²) in [6.45, 7) is 0.665. The molecular formula is C19H21FN2O3. The van der Waals surface area contributed by atoms with Gasteiger partial charge in [0.25, 0.3) is 0 Å². The molecule has 0 unspecified atom stereocenters. The number of rotatable bonds is 4. The maximum absolute atomic E-state index is 14.3. The van der Waals surface area contributed by atoms with Crippen molar-refractivity contribution in [2.24, 2.45) is 5.92 Å². The molecule has 2 aromatic rings. The van der Waals surface area contributed by atoms with Gasteiger partial charge in [-0.15, -0.1) is 0 Å². The van der Waals surface area contributed by atoms with Crippen LogP contribution in [0.15, 0.2) is 41.0 Å². The Labute approximate surface area is 145 Å². The maximum atomic E-state index is 14.3. The first-order chi connectivity index (χ1) is 12.2. The lowest BCUT2D eigenvalue weighted by molar-refractivity contribution is -0.00890. The minimum Gasteiger partial charge on any atom is -0.464 e. The third-order valence-electron chi connectivity index (χ3n) is 4.82. The SMILES string of the molecule is O=C(Nc1ccc(-c2ccco2)cc1F)N[C@H]1CCO[C@@H](C2CC2)C1. The Morgan fingerprint density at radius 1 is 1.20 bits per heavy atom. The van der Waals surface area contributed by atoms with Gasteiger partial charge in [0.1, 0.15) is 11.6 Å². The smallest absolute Gasteiger partial charge is 0.319 e. The highest BCUT2D eigenvalue weighted by molar-refractivity contribution is 5.89. The number of hydrogen-bond acceptors (Lipinski definition) is 3. The van der Waals surface area contributed by atoms with Crippen molar-refractivity contribution in [3.8, 4) is 11.3 Å². The molecule has 1 aliphatic carbocycles. The molecule has 4 rings (SSSR count). The van der Waals surface area contributed by atoms with Crippen LogP contribution >= 0.6 is 0 Å². The molecule has 2 N–H and O–H groups in total. The maximum Gasteiger partial charge on any atom is 0.319 e. The van der Waals surface area contributed by atoms with Crippen molar-refractivity contribution in [2.45, 2.75) is 37.8 Å². The molecule has 2 fully saturated rings. The monoisotopic (exact) mass is 344 g/mol. The zero-order valence-corrected chi connectivity index (χ0v) is 13.8. The van der Waals surface area contributed by atoms with Gasteiger partial charge in [-0.3, -0.25) is 0 Å². The molecule has 2 atom stereocenters. The molecule has 0 radical (unpaired) electrons. The van der Waals surface area contributed by atoms with Gasteiger partial charge in [-0.05, 0) is 61.9 Å². The molecular weight excluding hydrogens is 323 g/mol. The van der Waals surface area contributed by atoms with E-state index >= 15 is 0 Å². The average molecular weight is 344 g/mol. The topological polar surface area (TPSA) is 63.5 Å². The number of benzene rings is 1. The van der Waals surface area contributed by atoms with Gasteiger partial charge in [-0.1, -0.05) is 0 Å². The Hall–Kier alpha value is -2.34. The van der Waals surface area contributed by atoms with Gasteiger partial charge < -0.3 is 19.8 Å². The second-order valence-corrected chi connectivity index (χ2v) is 6.74. The number of carbonyl (C=O) groups is 1. The number of halogens is 1. The van der Waals surface area contributed by atoms with Gasteiger partial charge in [-0.25, -0.2) is 9.18 Å². The Balaban J connectivity index is 1.35. The summed E-state index contributed by atoms with van der Waals surface area (Å²) in [5, 5.41) is 5.53. The van der Waals surface area contributed by atoms with E-state index in [4.69, 9.17) is 9.15 Å². The summed E-state index contributed by atoms with van der Waals surface area (Å²) >= 11 is 0. The van der Waals surface area contributed by atoms with Crippen LogP contribution in [0.3, 0.4) is 0 Å². The van der Waals surface area contributed by atoms with Crippen molar-refractivity contribution in [1.29, 1.82) is 0 Å². The molecule has 1 aromatic heterocycles. The van der Waals surface area contributed by atoms with Crippen LogP contribution in [-0.4, -0.2) is 24.8 Å². The molecule has 6 heteroatoms. The highest BCUT2D eigenvalue weighted by Gasteiger charge is 2.36. The third-order valence-corrected chi connectivity index (χ3v) is 4.82. The van der Waals surface area contributed by atoms with Crippen molar-refractivity contribution in [3.63, 3.8) is 0 Å². The van der Waals surface area contributed by atoms with Crippen molar-refractivity contribution < 1.29 is 18.3 Å². The van der Waals surface area contributed by atoms with Gasteiger partial charge >= 0.3 is 6.03 Å². The van der Waals surface area contributed by atoms with Gasteiger partial charge in [0.2, 0.25) is 0 Å². The average Bonchev–Trinajstić information content (AvgIpc) is 3.31. The van der Waals surface area contributed by atoms with Gasteiger partial charge in [0.15, 0.2) is 0 Å². The van der Waals surface area contributed by atoms with E-state index in [1.54, 1.807) is 24.3 Å². The first-order valence-corrected chi connectivity index (χ1v) is 8.71. The largest absolute Gasteiger partial charge is 0.464 e. The fraction of sp³-hybridized carbons (Fsp3) is 0.421. The molecule has 1 aromatic carbocycles. The number of nitrogens with one attached hydrogen (secondary N) is 2. The van der Waals surface area contributed by atoms with Crippen LogP contribution in [0.1, 0.15) is 25.7 Å². The zero-order chi connectivity index (χ0) is 17.2. The summed E-state index contributed by atoms with van der Waals surface area (Å²) in [6.07, 6.45) is 5.85. The van der Waals surface area contributed by atoms with Crippen molar-refractivity contribution in [1.82, 2.24) is 5.32 Å². The first-order valence-electron chi connectivity index (χ1n) is 8.71. The minimum atomic E-state index is -0.494. The third kappa shape index (κ3) is 3.85. The van der Waals surface area contributed by atoms with Crippen LogP contribution in [0.4, 0.5) is 14.9 Å². The molecule has 132 valence electrons. The number of furan rings is 1. The number of anilines is 1. The fourth-order valence-electron chi connectivity index (χ4n) is 3.31. The summed E-state index contributed by atoms with van der Waals surface area (Å²) in [5.41, 5.74) is 0.781. The van der Waals surface area contributed by atoms with E-state index in [0.29, 0.717) is 23.8 Å². The van der Waals surface area contributed by atoms with Crippen LogP contribution in [0, 0.1) is 11.7 Å². The number of amides is 2. The first kappa shape index (κ1) is 16.1. The quantitative estimate of drug-likeness (QED) is 0.875. The molecule has 2 amide bonds. The molecule has 25 heavy (non-hydrogen) atoms. The lowest BCUT2D eigenvalue weighted by atomic mass is 10.0. The molecule has 2 aliphatic rings. The molecule has 0 spiro atoms. The molecule has 1 aliphatic heterocycles. The summed E-state index contributed by atoms with van der Waals surface area (Å²) in [7, 11) is 0. The van der Waals surface area contributed by atoms with Gasteiger partial charge in [0, 0.05) is 18.2 Å².